The zero-order valence-corrected chi connectivity index (χ0v) is 16.9. The number of rotatable bonds is 4. The van der Waals surface area contributed by atoms with E-state index in [9.17, 15) is 14.7 Å². The van der Waals surface area contributed by atoms with Gasteiger partial charge in [0.25, 0.3) is 0 Å². The van der Waals surface area contributed by atoms with Gasteiger partial charge in [-0.2, -0.15) is 0 Å². The number of likely N-dealkylation sites (tertiary alicyclic amines) is 1. The van der Waals surface area contributed by atoms with Gasteiger partial charge in [0.15, 0.2) is 0 Å². The van der Waals surface area contributed by atoms with Gasteiger partial charge < -0.3 is 5.11 Å². The average molecular weight is 405 g/mol. The van der Waals surface area contributed by atoms with E-state index in [1.165, 1.54) is 6.42 Å². The van der Waals surface area contributed by atoms with Gasteiger partial charge in [0.05, 0.1) is 12.0 Å². The van der Waals surface area contributed by atoms with Crippen molar-refractivity contribution in [1.82, 2.24) is 15.3 Å². The lowest BCUT2D eigenvalue weighted by atomic mass is 9.90. The lowest BCUT2D eigenvalue weighted by molar-refractivity contribution is -0.145. The number of benzene rings is 2. The maximum absolute atomic E-state index is 13.5. The third-order valence-corrected chi connectivity index (χ3v) is 6.74. The van der Waals surface area contributed by atoms with Crippen molar-refractivity contribution in [2.24, 2.45) is 5.92 Å². The average Bonchev–Trinajstić information content (AvgIpc) is 3.26. The van der Waals surface area contributed by atoms with Gasteiger partial charge in [0, 0.05) is 12.6 Å². The van der Waals surface area contributed by atoms with E-state index in [0.29, 0.717) is 6.54 Å². The molecule has 1 aliphatic carbocycles. The van der Waals surface area contributed by atoms with Crippen LogP contribution in [0.25, 0.3) is 0 Å². The molecule has 6 heteroatoms. The number of hydrogen-bond donors (Lipinski definition) is 2. The summed E-state index contributed by atoms with van der Waals surface area (Å²) in [5.74, 6) is -0.389. The first-order chi connectivity index (χ1) is 14.6. The highest BCUT2D eigenvalue weighted by Gasteiger charge is 2.59. The minimum Gasteiger partial charge on any atom is -0.508 e. The Morgan fingerprint density at radius 3 is 2.30 bits per heavy atom. The van der Waals surface area contributed by atoms with Crippen molar-refractivity contribution in [3.05, 3.63) is 65.7 Å². The fourth-order valence-electron chi connectivity index (χ4n) is 5.28. The predicted octanol–water partition coefficient (Wildman–Crippen LogP) is 3.14. The van der Waals surface area contributed by atoms with E-state index < -0.39 is 12.0 Å². The summed E-state index contributed by atoms with van der Waals surface area (Å²) in [6, 6.07) is 16.2. The number of carbonyl (C=O) groups excluding carboxylic acids is 2. The molecule has 5 rings (SSSR count). The molecule has 30 heavy (non-hydrogen) atoms. The Morgan fingerprint density at radius 1 is 0.900 bits per heavy atom. The van der Waals surface area contributed by atoms with Crippen molar-refractivity contribution in [2.45, 2.75) is 56.8 Å². The first kappa shape index (κ1) is 19.3. The Morgan fingerprint density at radius 2 is 1.60 bits per heavy atom. The van der Waals surface area contributed by atoms with Gasteiger partial charge in [-0.1, -0.05) is 61.7 Å². The zero-order chi connectivity index (χ0) is 20.7. The predicted molar refractivity (Wildman–Crippen MR) is 112 cm³/mol. The van der Waals surface area contributed by atoms with E-state index in [0.717, 1.165) is 36.8 Å². The van der Waals surface area contributed by atoms with E-state index in [-0.39, 0.29) is 29.6 Å². The number of hydrazine groups is 1. The van der Waals surface area contributed by atoms with Crippen molar-refractivity contribution in [3.63, 3.8) is 0 Å². The molecular formula is C24H27N3O3. The molecule has 3 atom stereocenters. The smallest absolute Gasteiger partial charge is 0.249 e. The van der Waals surface area contributed by atoms with Crippen LogP contribution < -0.4 is 5.43 Å². The molecule has 0 bridgehead atoms. The highest BCUT2D eigenvalue weighted by atomic mass is 16.3. The van der Waals surface area contributed by atoms with Crippen molar-refractivity contribution in [2.75, 3.05) is 0 Å². The summed E-state index contributed by atoms with van der Waals surface area (Å²) < 4.78 is 0. The molecule has 2 saturated heterocycles. The molecule has 6 nitrogen and oxygen atoms in total. The van der Waals surface area contributed by atoms with E-state index in [1.54, 1.807) is 17.0 Å². The number of aromatic hydroxyl groups is 1. The number of nitrogens with one attached hydrogen (secondary N) is 1. The molecule has 2 amide bonds. The van der Waals surface area contributed by atoms with Crippen LogP contribution in [0.2, 0.25) is 0 Å². The Kier molecular flexibility index (Phi) is 5.05. The molecule has 3 fully saturated rings. The summed E-state index contributed by atoms with van der Waals surface area (Å²) in [4.78, 5) is 28.6. The lowest BCUT2D eigenvalue weighted by Crippen LogP contribution is -2.48. The minimum absolute atomic E-state index is 0.0309. The second-order valence-electron chi connectivity index (χ2n) is 8.62. The highest BCUT2D eigenvalue weighted by Crippen LogP contribution is 2.43. The monoisotopic (exact) mass is 405 g/mol. The summed E-state index contributed by atoms with van der Waals surface area (Å²) >= 11 is 0. The summed E-state index contributed by atoms with van der Waals surface area (Å²) in [6.07, 6.45) is 5.14. The molecule has 0 spiro atoms. The summed E-state index contributed by atoms with van der Waals surface area (Å²) in [5, 5.41) is 11.6. The van der Waals surface area contributed by atoms with Crippen LogP contribution in [0, 0.1) is 5.92 Å². The third-order valence-electron chi connectivity index (χ3n) is 6.74. The van der Waals surface area contributed by atoms with Crippen molar-refractivity contribution >= 4 is 11.8 Å². The number of carbonyl (C=O) groups is 2. The second-order valence-corrected chi connectivity index (χ2v) is 8.62. The van der Waals surface area contributed by atoms with Gasteiger partial charge in [-0.25, -0.2) is 10.4 Å². The maximum atomic E-state index is 13.5. The molecule has 2 heterocycles. The summed E-state index contributed by atoms with van der Waals surface area (Å²) in [5.41, 5.74) is 5.44. The number of phenols is 1. The molecule has 2 aliphatic heterocycles. The number of nitrogens with zero attached hydrogens (tertiary/aromatic N) is 2. The van der Waals surface area contributed by atoms with Crippen LogP contribution in [0.5, 0.6) is 5.75 Å². The first-order valence-electron chi connectivity index (χ1n) is 10.9. The molecule has 2 N–H and O–H groups in total. The van der Waals surface area contributed by atoms with Crippen molar-refractivity contribution in [1.29, 1.82) is 0 Å². The van der Waals surface area contributed by atoms with Crippen LogP contribution in [0.1, 0.15) is 49.3 Å². The van der Waals surface area contributed by atoms with E-state index in [1.807, 2.05) is 47.5 Å². The van der Waals surface area contributed by atoms with Crippen LogP contribution in [-0.2, 0) is 16.1 Å². The third kappa shape index (κ3) is 3.30. The Hall–Kier alpha value is -2.70. The number of phenolic OH excluding ortho intramolecular Hbond substituents is 1. The van der Waals surface area contributed by atoms with E-state index in [4.69, 9.17) is 0 Å². The molecular weight excluding hydrogens is 378 g/mol. The summed E-state index contributed by atoms with van der Waals surface area (Å²) in [6.45, 7) is 0.550. The molecule has 156 valence electrons. The summed E-state index contributed by atoms with van der Waals surface area (Å²) in [7, 11) is 0. The van der Waals surface area contributed by atoms with Gasteiger partial charge in [0.2, 0.25) is 11.8 Å². The quantitative estimate of drug-likeness (QED) is 0.765. The van der Waals surface area contributed by atoms with Crippen molar-refractivity contribution in [3.8, 4) is 5.75 Å². The first-order valence-corrected chi connectivity index (χ1v) is 10.9. The molecule has 3 aliphatic rings. The SMILES string of the molecule is O=C1[C@@H]2[C@H](c3ccc(O)cc3)NN(Cc3ccccc3)[C@H]2C(=O)N1C1CCCCC1. The van der Waals surface area contributed by atoms with Gasteiger partial charge >= 0.3 is 0 Å². The Balaban J connectivity index is 1.49. The maximum Gasteiger partial charge on any atom is 0.249 e. The normalized spacial score (nSPS) is 27.6. The van der Waals surface area contributed by atoms with Crippen LogP contribution >= 0.6 is 0 Å². The standard InChI is InChI=1S/C24H27N3O3/c28-19-13-11-17(12-14-19)21-20-22(26(25-21)15-16-7-3-1-4-8-16)24(30)27(23(20)29)18-9-5-2-6-10-18/h1,3-4,7-8,11-14,18,20-22,25,28H,2,5-6,9-10,15H2/t20-,21+,22-/m1/s1. The molecule has 2 aromatic rings. The molecule has 0 unspecified atom stereocenters. The van der Waals surface area contributed by atoms with E-state index >= 15 is 0 Å². The van der Waals surface area contributed by atoms with E-state index in [2.05, 4.69) is 5.43 Å². The van der Waals surface area contributed by atoms with Gasteiger partial charge in [-0.05, 0) is 36.1 Å². The molecule has 0 radical (unpaired) electrons. The zero-order valence-electron chi connectivity index (χ0n) is 16.9. The number of imide groups is 1. The topological polar surface area (TPSA) is 72.9 Å². The Labute approximate surface area is 176 Å². The van der Waals surface area contributed by atoms with Crippen LogP contribution in [0.15, 0.2) is 54.6 Å². The fraction of sp³-hybridized carbons (Fsp3) is 0.417. The second kappa shape index (κ2) is 7.85. The van der Waals surface area contributed by atoms with Crippen LogP contribution in [0.3, 0.4) is 0 Å². The molecule has 1 saturated carbocycles. The lowest BCUT2D eigenvalue weighted by Gasteiger charge is -2.32. The highest BCUT2D eigenvalue weighted by molar-refractivity contribution is 6.08. The van der Waals surface area contributed by atoms with Crippen molar-refractivity contribution < 1.29 is 14.7 Å². The van der Waals surface area contributed by atoms with Gasteiger partial charge in [0.1, 0.15) is 11.8 Å². The fourth-order valence-corrected chi connectivity index (χ4v) is 5.28. The number of fused-ring (bicyclic) bond motifs is 1. The van der Waals surface area contributed by atoms with Crippen LogP contribution in [-0.4, -0.2) is 38.9 Å². The Bertz CT molecular complexity index is 924. The van der Waals surface area contributed by atoms with Gasteiger partial charge in [-0.3, -0.25) is 14.5 Å². The van der Waals surface area contributed by atoms with Gasteiger partial charge in [-0.15, -0.1) is 0 Å². The molecule has 2 aromatic carbocycles. The largest absolute Gasteiger partial charge is 0.508 e. The number of hydrogen-bond acceptors (Lipinski definition) is 5. The molecule has 0 aromatic heterocycles. The van der Waals surface area contributed by atoms with Crippen LogP contribution in [0.4, 0.5) is 0 Å². The number of amides is 2. The minimum atomic E-state index is -0.501.